The van der Waals surface area contributed by atoms with Gasteiger partial charge in [-0.2, -0.15) is 0 Å². The molecule has 1 aromatic rings. The fourth-order valence-corrected chi connectivity index (χ4v) is 2.47. The van der Waals surface area contributed by atoms with Gasteiger partial charge in [-0.25, -0.2) is 8.42 Å². The van der Waals surface area contributed by atoms with Crippen molar-refractivity contribution in [2.45, 2.75) is 30.7 Å². The van der Waals surface area contributed by atoms with E-state index in [1.807, 2.05) is 13.1 Å². The molecule has 0 fully saturated rings. The van der Waals surface area contributed by atoms with Crippen LogP contribution in [0.2, 0.25) is 0 Å². The SMILES string of the molecule is CNC(C)(C)Cc1ccc(N)c(S(C)(=O)=O)c1. The van der Waals surface area contributed by atoms with Crippen molar-refractivity contribution in [2.75, 3.05) is 19.0 Å². The Hall–Kier alpha value is -1.07. The summed E-state index contributed by atoms with van der Waals surface area (Å²) < 4.78 is 23.1. The minimum absolute atomic E-state index is 0.0785. The molecule has 1 aromatic carbocycles. The molecule has 0 radical (unpaired) electrons. The Morgan fingerprint density at radius 2 is 1.94 bits per heavy atom. The van der Waals surface area contributed by atoms with Crippen LogP contribution >= 0.6 is 0 Å². The highest BCUT2D eigenvalue weighted by Crippen LogP contribution is 2.22. The van der Waals surface area contributed by atoms with Crippen molar-refractivity contribution in [3.8, 4) is 0 Å². The standard InChI is InChI=1S/C12H20N2O2S/c1-12(2,14-3)8-9-5-6-10(13)11(7-9)17(4,15)16/h5-7,14H,8,13H2,1-4H3. The third-order valence-electron chi connectivity index (χ3n) is 2.80. The van der Waals surface area contributed by atoms with E-state index in [1.54, 1.807) is 12.1 Å². The van der Waals surface area contributed by atoms with E-state index < -0.39 is 9.84 Å². The molecule has 0 atom stereocenters. The van der Waals surface area contributed by atoms with E-state index in [1.165, 1.54) is 6.26 Å². The molecule has 0 saturated carbocycles. The number of nitrogen functional groups attached to an aromatic ring is 1. The second kappa shape index (κ2) is 4.66. The fraction of sp³-hybridized carbons (Fsp3) is 0.500. The van der Waals surface area contributed by atoms with Gasteiger partial charge in [0.15, 0.2) is 9.84 Å². The highest BCUT2D eigenvalue weighted by atomic mass is 32.2. The van der Waals surface area contributed by atoms with Gasteiger partial charge in [0, 0.05) is 11.8 Å². The van der Waals surface area contributed by atoms with Crippen molar-refractivity contribution in [3.63, 3.8) is 0 Å². The van der Waals surface area contributed by atoms with Crippen LogP contribution in [-0.4, -0.2) is 27.3 Å². The molecule has 5 heteroatoms. The highest BCUT2D eigenvalue weighted by Gasteiger charge is 2.18. The van der Waals surface area contributed by atoms with Crippen LogP contribution in [0.3, 0.4) is 0 Å². The normalized spacial score (nSPS) is 12.7. The first-order chi connectivity index (χ1) is 7.65. The maximum atomic E-state index is 11.5. The number of rotatable bonds is 4. The van der Waals surface area contributed by atoms with E-state index >= 15 is 0 Å². The lowest BCUT2D eigenvalue weighted by Gasteiger charge is -2.24. The van der Waals surface area contributed by atoms with Crippen molar-refractivity contribution >= 4 is 15.5 Å². The molecule has 0 saturated heterocycles. The van der Waals surface area contributed by atoms with Crippen LogP contribution in [0.15, 0.2) is 23.1 Å². The Balaban J connectivity index is 3.15. The quantitative estimate of drug-likeness (QED) is 0.794. The molecule has 96 valence electrons. The molecule has 3 N–H and O–H groups in total. The first-order valence-electron chi connectivity index (χ1n) is 5.43. The summed E-state index contributed by atoms with van der Waals surface area (Å²) in [4.78, 5) is 0.210. The number of anilines is 1. The molecule has 0 amide bonds. The number of benzene rings is 1. The maximum Gasteiger partial charge on any atom is 0.177 e. The summed E-state index contributed by atoms with van der Waals surface area (Å²) in [6.45, 7) is 4.12. The van der Waals surface area contributed by atoms with Crippen LogP contribution in [-0.2, 0) is 16.3 Å². The topological polar surface area (TPSA) is 72.2 Å². The Labute approximate surface area is 103 Å². The summed E-state index contributed by atoms with van der Waals surface area (Å²) in [5.41, 5.74) is 6.86. The van der Waals surface area contributed by atoms with Gasteiger partial charge in [-0.1, -0.05) is 6.07 Å². The van der Waals surface area contributed by atoms with Gasteiger partial charge in [0.05, 0.1) is 10.6 Å². The largest absolute Gasteiger partial charge is 0.398 e. The molecule has 4 nitrogen and oxygen atoms in total. The Bertz CT molecular complexity index is 507. The van der Waals surface area contributed by atoms with E-state index in [2.05, 4.69) is 19.2 Å². The maximum absolute atomic E-state index is 11.5. The first kappa shape index (κ1) is 14.0. The fourth-order valence-electron chi connectivity index (χ4n) is 1.61. The number of hydrogen-bond acceptors (Lipinski definition) is 4. The van der Waals surface area contributed by atoms with Gasteiger partial charge in [-0.05, 0) is 45.0 Å². The number of hydrogen-bond donors (Lipinski definition) is 2. The number of sulfone groups is 1. The average Bonchev–Trinajstić information content (AvgIpc) is 2.19. The monoisotopic (exact) mass is 256 g/mol. The molecular weight excluding hydrogens is 236 g/mol. The van der Waals surface area contributed by atoms with Gasteiger partial charge in [0.1, 0.15) is 0 Å². The van der Waals surface area contributed by atoms with Crippen LogP contribution < -0.4 is 11.1 Å². The lowest BCUT2D eigenvalue weighted by atomic mass is 9.95. The third-order valence-corrected chi connectivity index (χ3v) is 3.95. The minimum Gasteiger partial charge on any atom is -0.398 e. The van der Waals surface area contributed by atoms with E-state index in [0.717, 1.165) is 12.0 Å². The molecule has 0 bridgehead atoms. The number of nitrogens with two attached hydrogens (primary N) is 1. The molecule has 0 aliphatic carbocycles. The van der Waals surface area contributed by atoms with E-state index in [9.17, 15) is 8.42 Å². The van der Waals surface area contributed by atoms with E-state index in [-0.39, 0.29) is 10.4 Å². The van der Waals surface area contributed by atoms with E-state index in [0.29, 0.717) is 5.69 Å². The molecule has 0 unspecified atom stereocenters. The van der Waals surface area contributed by atoms with Gasteiger partial charge in [0.2, 0.25) is 0 Å². The minimum atomic E-state index is -3.26. The third kappa shape index (κ3) is 3.71. The summed E-state index contributed by atoms with van der Waals surface area (Å²) in [6, 6.07) is 5.17. The zero-order chi connectivity index (χ0) is 13.3. The summed E-state index contributed by atoms with van der Waals surface area (Å²) in [5, 5.41) is 3.18. The van der Waals surface area contributed by atoms with Crippen molar-refractivity contribution in [2.24, 2.45) is 0 Å². The molecule has 0 heterocycles. The zero-order valence-electron chi connectivity index (χ0n) is 10.7. The van der Waals surface area contributed by atoms with Crippen LogP contribution in [0.5, 0.6) is 0 Å². The van der Waals surface area contributed by atoms with E-state index in [4.69, 9.17) is 5.73 Å². The first-order valence-corrected chi connectivity index (χ1v) is 7.32. The van der Waals surface area contributed by atoms with Crippen molar-refractivity contribution in [1.29, 1.82) is 0 Å². The molecule has 0 spiro atoms. The van der Waals surface area contributed by atoms with Crippen LogP contribution in [0.1, 0.15) is 19.4 Å². The highest BCUT2D eigenvalue weighted by molar-refractivity contribution is 7.90. The average molecular weight is 256 g/mol. The van der Waals surface area contributed by atoms with Crippen LogP contribution in [0.4, 0.5) is 5.69 Å². The molecule has 0 aliphatic heterocycles. The molecule has 1 rings (SSSR count). The lowest BCUT2D eigenvalue weighted by molar-refractivity contribution is 0.422. The smallest absolute Gasteiger partial charge is 0.177 e. The van der Waals surface area contributed by atoms with Crippen molar-refractivity contribution in [3.05, 3.63) is 23.8 Å². The van der Waals surface area contributed by atoms with Gasteiger partial charge < -0.3 is 11.1 Å². The second-order valence-corrected chi connectivity index (χ2v) is 6.94. The molecule has 0 aromatic heterocycles. The van der Waals surface area contributed by atoms with Gasteiger partial charge in [0.25, 0.3) is 0 Å². The summed E-state index contributed by atoms with van der Waals surface area (Å²) in [5.74, 6) is 0. The summed E-state index contributed by atoms with van der Waals surface area (Å²) in [7, 11) is -1.38. The zero-order valence-corrected chi connectivity index (χ0v) is 11.6. The van der Waals surface area contributed by atoms with Gasteiger partial charge >= 0.3 is 0 Å². The summed E-state index contributed by atoms with van der Waals surface area (Å²) in [6.07, 6.45) is 1.91. The Kier molecular flexibility index (Phi) is 3.84. The van der Waals surface area contributed by atoms with Gasteiger partial charge in [-0.15, -0.1) is 0 Å². The van der Waals surface area contributed by atoms with Crippen molar-refractivity contribution < 1.29 is 8.42 Å². The van der Waals surface area contributed by atoms with Gasteiger partial charge in [-0.3, -0.25) is 0 Å². The second-order valence-electron chi connectivity index (χ2n) is 4.96. The predicted molar refractivity (Wildman–Crippen MR) is 70.8 cm³/mol. The van der Waals surface area contributed by atoms with Crippen LogP contribution in [0, 0.1) is 0 Å². The number of nitrogens with one attached hydrogen (secondary N) is 1. The molecular formula is C12H20N2O2S. The van der Waals surface area contributed by atoms with Crippen molar-refractivity contribution in [1.82, 2.24) is 5.32 Å². The molecule has 17 heavy (non-hydrogen) atoms. The molecule has 0 aliphatic rings. The summed E-state index contributed by atoms with van der Waals surface area (Å²) >= 11 is 0. The predicted octanol–water partition coefficient (Wildman–Crippen LogP) is 1.21. The van der Waals surface area contributed by atoms with Crippen LogP contribution in [0.25, 0.3) is 0 Å². The Morgan fingerprint density at radius 3 is 2.41 bits per heavy atom. The lowest BCUT2D eigenvalue weighted by Crippen LogP contribution is -2.38. The Morgan fingerprint density at radius 1 is 1.35 bits per heavy atom. The number of likely N-dealkylation sites (N-methyl/N-ethyl adjacent to an activating group) is 1.